The standard InChI is InChI=1S/C15H24N2O/c1-10(2)9-18-15-14(8-16-13-5-6-13)11(3)7-12(4)17-15/h7,10,13,16H,5-6,8-9H2,1-4H3. The molecule has 1 heterocycles. The molecule has 0 atom stereocenters. The van der Waals surface area contributed by atoms with Crippen LogP contribution in [0.3, 0.4) is 0 Å². The average Bonchev–Trinajstić information content (AvgIpc) is 3.08. The van der Waals surface area contributed by atoms with Crippen molar-refractivity contribution in [3.8, 4) is 5.88 Å². The van der Waals surface area contributed by atoms with Crippen molar-refractivity contribution in [1.29, 1.82) is 0 Å². The van der Waals surface area contributed by atoms with Gasteiger partial charge in [-0.1, -0.05) is 13.8 Å². The molecule has 3 nitrogen and oxygen atoms in total. The molecule has 100 valence electrons. The van der Waals surface area contributed by atoms with E-state index in [0.717, 1.165) is 24.7 Å². The number of hydrogen-bond acceptors (Lipinski definition) is 3. The van der Waals surface area contributed by atoms with Crippen LogP contribution in [0.5, 0.6) is 5.88 Å². The SMILES string of the molecule is Cc1cc(C)c(CNC2CC2)c(OCC(C)C)n1. The molecule has 1 N–H and O–H groups in total. The first-order valence-electron chi connectivity index (χ1n) is 6.89. The highest BCUT2D eigenvalue weighted by molar-refractivity contribution is 5.36. The Balaban J connectivity index is 2.11. The third kappa shape index (κ3) is 3.70. The van der Waals surface area contributed by atoms with Gasteiger partial charge >= 0.3 is 0 Å². The number of rotatable bonds is 6. The molecule has 3 heteroatoms. The lowest BCUT2D eigenvalue weighted by atomic mass is 10.1. The summed E-state index contributed by atoms with van der Waals surface area (Å²) >= 11 is 0. The van der Waals surface area contributed by atoms with Crippen LogP contribution in [0.1, 0.15) is 43.5 Å². The highest BCUT2D eigenvalue weighted by Crippen LogP contribution is 2.24. The molecule has 1 saturated carbocycles. The zero-order chi connectivity index (χ0) is 13.1. The second kappa shape index (κ2) is 5.70. The molecule has 0 saturated heterocycles. The molecule has 0 spiro atoms. The molecular formula is C15H24N2O. The van der Waals surface area contributed by atoms with E-state index >= 15 is 0 Å². The summed E-state index contributed by atoms with van der Waals surface area (Å²) in [5.74, 6) is 1.34. The summed E-state index contributed by atoms with van der Waals surface area (Å²) < 4.78 is 5.86. The Labute approximate surface area is 110 Å². The van der Waals surface area contributed by atoms with Gasteiger partial charge in [0.15, 0.2) is 0 Å². The lowest BCUT2D eigenvalue weighted by Crippen LogP contribution is -2.18. The van der Waals surface area contributed by atoms with Gasteiger partial charge in [-0.3, -0.25) is 0 Å². The quantitative estimate of drug-likeness (QED) is 0.840. The molecule has 0 unspecified atom stereocenters. The van der Waals surface area contributed by atoms with Gasteiger partial charge in [0.1, 0.15) is 0 Å². The van der Waals surface area contributed by atoms with E-state index in [9.17, 15) is 0 Å². The van der Waals surface area contributed by atoms with E-state index in [1.807, 2.05) is 6.92 Å². The van der Waals surface area contributed by atoms with E-state index < -0.39 is 0 Å². The fourth-order valence-electron chi connectivity index (χ4n) is 1.94. The molecular weight excluding hydrogens is 224 g/mol. The van der Waals surface area contributed by atoms with Crippen LogP contribution in [0, 0.1) is 19.8 Å². The Morgan fingerprint density at radius 2 is 2.11 bits per heavy atom. The van der Waals surface area contributed by atoms with E-state index in [1.165, 1.54) is 24.0 Å². The Morgan fingerprint density at radius 3 is 2.72 bits per heavy atom. The summed E-state index contributed by atoms with van der Waals surface area (Å²) in [4.78, 5) is 4.54. The number of aromatic nitrogens is 1. The van der Waals surface area contributed by atoms with Crippen LogP contribution >= 0.6 is 0 Å². The van der Waals surface area contributed by atoms with Crippen molar-refractivity contribution >= 4 is 0 Å². The molecule has 2 rings (SSSR count). The van der Waals surface area contributed by atoms with Crippen LogP contribution < -0.4 is 10.1 Å². The summed E-state index contributed by atoms with van der Waals surface area (Å²) in [6, 6.07) is 2.84. The Bertz CT molecular complexity index is 411. The lowest BCUT2D eigenvalue weighted by molar-refractivity contribution is 0.257. The van der Waals surface area contributed by atoms with Crippen molar-refractivity contribution in [2.75, 3.05) is 6.61 Å². The number of nitrogens with one attached hydrogen (secondary N) is 1. The van der Waals surface area contributed by atoms with Crippen molar-refractivity contribution in [3.63, 3.8) is 0 Å². The largest absolute Gasteiger partial charge is 0.477 e. The van der Waals surface area contributed by atoms with E-state index in [2.05, 4.69) is 37.1 Å². The third-order valence-electron chi connectivity index (χ3n) is 3.14. The summed E-state index contributed by atoms with van der Waals surface area (Å²) in [5.41, 5.74) is 3.52. The van der Waals surface area contributed by atoms with Gasteiger partial charge < -0.3 is 10.1 Å². The first-order valence-corrected chi connectivity index (χ1v) is 6.89. The smallest absolute Gasteiger partial charge is 0.218 e. The minimum absolute atomic E-state index is 0.525. The monoisotopic (exact) mass is 248 g/mol. The van der Waals surface area contributed by atoms with Crippen LogP contribution in [-0.4, -0.2) is 17.6 Å². The summed E-state index contributed by atoms with van der Waals surface area (Å²) in [5, 5.41) is 3.54. The predicted octanol–water partition coefficient (Wildman–Crippen LogP) is 2.99. The second-order valence-corrected chi connectivity index (χ2v) is 5.72. The Kier molecular flexibility index (Phi) is 4.23. The third-order valence-corrected chi connectivity index (χ3v) is 3.14. The van der Waals surface area contributed by atoms with Gasteiger partial charge in [0, 0.05) is 23.8 Å². The van der Waals surface area contributed by atoms with E-state index in [-0.39, 0.29) is 0 Å². The zero-order valence-corrected chi connectivity index (χ0v) is 11.9. The predicted molar refractivity (Wildman–Crippen MR) is 73.9 cm³/mol. The summed E-state index contributed by atoms with van der Waals surface area (Å²) in [6.07, 6.45) is 2.61. The van der Waals surface area contributed by atoms with Gasteiger partial charge in [-0.05, 0) is 44.2 Å². The van der Waals surface area contributed by atoms with Crippen LogP contribution in [-0.2, 0) is 6.54 Å². The van der Waals surface area contributed by atoms with Crippen LogP contribution in [0.25, 0.3) is 0 Å². The molecule has 0 bridgehead atoms. The first kappa shape index (κ1) is 13.3. The maximum atomic E-state index is 5.86. The van der Waals surface area contributed by atoms with Crippen LogP contribution in [0.15, 0.2) is 6.07 Å². The minimum atomic E-state index is 0.525. The molecule has 1 aromatic rings. The fraction of sp³-hybridized carbons (Fsp3) is 0.667. The number of pyridine rings is 1. The number of nitrogens with zero attached hydrogens (tertiary/aromatic N) is 1. The summed E-state index contributed by atoms with van der Waals surface area (Å²) in [6.45, 7) is 10.1. The van der Waals surface area contributed by atoms with Crippen molar-refractivity contribution in [3.05, 3.63) is 22.9 Å². The van der Waals surface area contributed by atoms with E-state index in [0.29, 0.717) is 12.0 Å². The van der Waals surface area contributed by atoms with Crippen molar-refractivity contribution in [1.82, 2.24) is 10.3 Å². The zero-order valence-electron chi connectivity index (χ0n) is 11.9. The van der Waals surface area contributed by atoms with Gasteiger partial charge in [0.25, 0.3) is 0 Å². The molecule has 0 radical (unpaired) electrons. The number of ether oxygens (including phenoxy) is 1. The van der Waals surface area contributed by atoms with Crippen molar-refractivity contribution < 1.29 is 4.74 Å². The highest BCUT2D eigenvalue weighted by Gasteiger charge is 2.21. The normalized spacial score (nSPS) is 15.2. The van der Waals surface area contributed by atoms with Gasteiger partial charge in [-0.25, -0.2) is 4.98 Å². The molecule has 1 aliphatic rings. The molecule has 1 fully saturated rings. The number of aryl methyl sites for hydroxylation is 2. The topological polar surface area (TPSA) is 34.1 Å². The summed E-state index contributed by atoms with van der Waals surface area (Å²) in [7, 11) is 0. The van der Waals surface area contributed by atoms with Crippen molar-refractivity contribution in [2.45, 2.75) is 53.1 Å². The Hall–Kier alpha value is -1.09. The van der Waals surface area contributed by atoms with E-state index in [4.69, 9.17) is 4.74 Å². The molecule has 18 heavy (non-hydrogen) atoms. The fourth-order valence-corrected chi connectivity index (χ4v) is 1.94. The lowest BCUT2D eigenvalue weighted by Gasteiger charge is -2.15. The molecule has 0 aliphatic heterocycles. The van der Waals surface area contributed by atoms with Gasteiger partial charge in [0.2, 0.25) is 5.88 Å². The second-order valence-electron chi connectivity index (χ2n) is 5.72. The van der Waals surface area contributed by atoms with E-state index in [1.54, 1.807) is 0 Å². The van der Waals surface area contributed by atoms with Crippen molar-refractivity contribution in [2.24, 2.45) is 5.92 Å². The molecule has 0 amide bonds. The Morgan fingerprint density at radius 1 is 1.39 bits per heavy atom. The molecule has 0 aromatic carbocycles. The van der Waals surface area contributed by atoms with Crippen LogP contribution in [0.4, 0.5) is 0 Å². The van der Waals surface area contributed by atoms with Gasteiger partial charge in [-0.2, -0.15) is 0 Å². The number of hydrogen-bond donors (Lipinski definition) is 1. The average molecular weight is 248 g/mol. The highest BCUT2D eigenvalue weighted by atomic mass is 16.5. The van der Waals surface area contributed by atoms with Gasteiger partial charge in [-0.15, -0.1) is 0 Å². The maximum absolute atomic E-state index is 5.86. The van der Waals surface area contributed by atoms with Crippen LogP contribution in [0.2, 0.25) is 0 Å². The molecule has 1 aliphatic carbocycles. The molecule has 1 aromatic heterocycles. The first-order chi connectivity index (χ1) is 8.56. The van der Waals surface area contributed by atoms with Gasteiger partial charge in [0.05, 0.1) is 6.61 Å². The maximum Gasteiger partial charge on any atom is 0.218 e. The minimum Gasteiger partial charge on any atom is -0.477 e.